The third-order valence-corrected chi connectivity index (χ3v) is 6.62. The molecule has 0 bridgehead atoms. The Kier molecular flexibility index (Phi) is 6.45. The molecule has 1 atom stereocenters. The van der Waals surface area contributed by atoms with Gasteiger partial charge in [0.25, 0.3) is 0 Å². The molecule has 0 radical (unpaired) electrons. The summed E-state index contributed by atoms with van der Waals surface area (Å²) in [4.78, 5) is 12.8. The van der Waals surface area contributed by atoms with Crippen molar-refractivity contribution in [2.75, 3.05) is 12.8 Å². The Morgan fingerprint density at radius 1 is 1.27 bits per heavy atom. The number of carbonyl (C=O) groups excluding carboxylic acids is 1. The Bertz CT molecular complexity index is 1050. The van der Waals surface area contributed by atoms with Crippen molar-refractivity contribution in [3.05, 3.63) is 64.2 Å². The van der Waals surface area contributed by atoms with Gasteiger partial charge >= 0.3 is 0 Å². The molecule has 6 nitrogen and oxygen atoms in total. The smallest absolute Gasteiger partial charge is 0.235 e. The molecule has 1 aliphatic rings. The van der Waals surface area contributed by atoms with E-state index in [4.69, 9.17) is 16.3 Å². The van der Waals surface area contributed by atoms with Gasteiger partial charge in [-0.25, -0.2) is 8.42 Å². The number of hydrogen-bond acceptors (Lipinski definition) is 4. The van der Waals surface area contributed by atoms with Crippen LogP contribution in [0.25, 0.3) is 0 Å². The maximum atomic E-state index is 12.8. The third kappa shape index (κ3) is 5.53. The lowest BCUT2D eigenvalue weighted by molar-refractivity contribution is -0.122. The summed E-state index contributed by atoms with van der Waals surface area (Å²) in [6, 6.07) is 12.6. The van der Waals surface area contributed by atoms with Crippen LogP contribution in [-0.4, -0.2) is 37.0 Å². The average molecular weight is 451 g/mol. The summed E-state index contributed by atoms with van der Waals surface area (Å²) in [7, 11) is -3.62. The maximum absolute atomic E-state index is 12.8. The van der Waals surface area contributed by atoms with Gasteiger partial charge in [-0.15, -0.1) is 0 Å². The number of benzene rings is 2. The van der Waals surface area contributed by atoms with Crippen LogP contribution < -0.4 is 10.1 Å². The number of halogens is 1. The van der Waals surface area contributed by atoms with E-state index in [1.807, 2.05) is 39.0 Å². The van der Waals surface area contributed by atoms with Crippen molar-refractivity contribution in [2.45, 2.75) is 45.4 Å². The molecule has 0 spiro atoms. The molecule has 0 fully saturated rings. The number of rotatable bonds is 6. The number of hydrogen-bond donors (Lipinski definition) is 1. The van der Waals surface area contributed by atoms with E-state index in [9.17, 15) is 13.2 Å². The van der Waals surface area contributed by atoms with Gasteiger partial charge in [0.15, 0.2) is 0 Å². The van der Waals surface area contributed by atoms with Gasteiger partial charge in [0.2, 0.25) is 15.9 Å². The van der Waals surface area contributed by atoms with Crippen LogP contribution in [0.3, 0.4) is 0 Å². The minimum Gasteiger partial charge on any atom is -0.487 e. The lowest BCUT2D eigenvalue weighted by atomic mass is 9.89. The van der Waals surface area contributed by atoms with Crippen LogP contribution in [0.4, 0.5) is 0 Å². The van der Waals surface area contributed by atoms with Crippen LogP contribution >= 0.6 is 11.6 Å². The molecule has 1 heterocycles. The topological polar surface area (TPSA) is 75.7 Å². The average Bonchev–Trinajstić information content (AvgIpc) is 2.60. The zero-order valence-electron chi connectivity index (χ0n) is 17.6. The number of fused-ring (bicyclic) bond motifs is 1. The largest absolute Gasteiger partial charge is 0.487 e. The van der Waals surface area contributed by atoms with E-state index in [0.29, 0.717) is 17.0 Å². The Balaban J connectivity index is 1.78. The number of nitrogens with one attached hydrogen (secondary N) is 1. The highest BCUT2D eigenvalue weighted by Gasteiger charge is 2.35. The standard InChI is InChI=1S/C22H27ClN2O4S/c1-15-9-10-17-19(12-22(2,3)29-20(17)11-15)24-21(26)14-25(30(4,27)28)13-16-7-5-6-8-18(16)23/h5-11,19H,12-14H2,1-4H3,(H,24,26). The van der Waals surface area contributed by atoms with E-state index in [1.54, 1.807) is 24.3 Å². The van der Waals surface area contributed by atoms with Gasteiger partial charge in [-0.1, -0.05) is 41.9 Å². The summed E-state index contributed by atoms with van der Waals surface area (Å²) in [5.74, 6) is 0.370. The lowest BCUT2D eigenvalue weighted by Crippen LogP contribution is -2.45. The molecule has 3 rings (SSSR count). The van der Waals surface area contributed by atoms with Crippen molar-refractivity contribution in [2.24, 2.45) is 0 Å². The van der Waals surface area contributed by atoms with Crippen LogP contribution in [0.2, 0.25) is 5.02 Å². The van der Waals surface area contributed by atoms with Crippen molar-refractivity contribution in [1.82, 2.24) is 9.62 Å². The first-order valence-electron chi connectivity index (χ1n) is 9.72. The molecule has 0 saturated carbocycles. The zero-order chi connectivity index (χ0) is 22.1. The van der Waals surface area contributed by atoms with Gasteiger partial charge in [0.05, 0.1) is 18.8 Å². The van der Waals surface area contributed by atoms with Crippen LogP contribution in [0, 0.1) is 6.92 Å². The summed E-state index contributed by atoms with van der Waals surface area (Å²) in [5, 5.41) is 3.46. The number of nitrogens with zero attached hydrogens (tertiary/aromatic N) is 1. The summed E-state index contributed by atoms with van der Waals surface area (Å²) < 4.78 is 31.8. The number of carbonyl (C=O) groups is 1. The third-order valence-electron chi connectivity index (χ3n) is 5.06. The van der Waals surface area contributed by atoms with Gasteiger partial charge in [0, 0.05) is 23.6 Å². The molecule has 1 aliphatic heterocycles. The van der Waals surface area contributed by atoms with Crippen LogP contribution in [-0.2, 0) is 21.4 Å². The highest BCUT2D eigenvalue weighted by molar-refractivity contribution is 7.88. The van der Waals surface area contributed by atoms with Gasteiger partial charge < -0.3 is 10.1 Å². The second kappa shape index (κ2) is 8.57. The Hall–Kier alpha value is -2.09. The van der Waals surface area contributed by atoms with E-state index in [1.165, 1.54) is 0 Å². The van der Waals surface area contributed by atoms with E-state index in [-0.39, 0.29) is 25.0 Å². The predicted molar refractivity (Wildman–Crippen MR) is 118 cm³/mol. The quantitative estimate of drug-likeness (QED) is 0.725. The van der Waals surface area contributed by atoms with Gasteiger partial charge in [-0.2, -0.15) is 4.31 Å². The number of amides is 1. The van der Waals surface area contributed by atoms with E-state index < -0.39 is 15.6 Å². The molecular weight excluding hydrogens is 424 g/mol. The molecule has 162 valence electrons. The molecule has 1 unspecified atom stereocenters. The Morgan fingerprint density at radius 2 is 1.97 bits per heavy atom. The Labute approximate surface area is 183 Å². The molecule has 0 saturated heterocycles. The summed E-state index contributed by atoms with van der Waals surface area (Å²) in [6.45, 7) is 5.66. The molecule has 1 amide bonds. The minimum atomic E-state index is -3.62. The molecule has 0 aromatic heterocycles. The first kappa shape index (κ1) is 22.6. The Morgan fingerprint density at radius 3 is 2.63 bits per heavy atom. The SMILES string of the molecule is Cc1ccc2c(c1)OC(C)(C)CC2NC(=O)CN(Cc1ccccc1Cl)S(C)(=O)=O. The number of aryl methyl sites for hydroxylation is 1. The van der Waals surface area contributed by atoms with E-state index in [0.717, 1.165) is 27.4 Å². The van der Waals surface area contributed by atoms with Crippen LogP contribution in [0.1, 0.15) is 43.0 Å². The number of ether oxygens (including phenoxy) is 1. The van der Waals surface area contributed by atoms with Crippen LogP contribution in [0.5, 0.6) is 5.75 Å². The molecule has 2 aromatic carbocycles. The molecule has 1 N–H and O–H groups in total. The van der Waals surface area contributed by atoms with Crippen molar-refractivity contribution >= 4 is 27.5 Å². The molecule has 2 aromatic rings. The first-order valence-corrected chi connectivity index (χ1v) is 11.9. The monoisotopic (exact) mass is 450 g/mol. The molecule has 8 heteroatoms. The van der Waals surface area contributed by atoms with Gasteiger partial charge in [0.1, 0.15) is 11.4 Å². The fourth-order valence-corrected chi connectivity index (χ4v) is 4.52. The van der Waals surface area contributed by atoms with E-state index in [2.05, 4.69) is 5.32 Å². The molecule has 0 aliphatic carbocycles. The van der Waals surface area contributed by atoms with Crippen LogP contribution in [0.15, 0.2) is 42.5 Å². The summed E-state index contributed by atoms with van der Waals surface area (Å²) in [6.07, 6.45) is 1.67. The minimum absolute atomic E-state index is 0.0287. The predicted octanol–water partition coefficient (Wildman–Crippen LogP) is 3.83. The second-order valence-corrected chi connectivity index (χ2v) is 10.7. The molecular formula is C22H27ClN2O4S. The summed E-state index contributed by atoms with van der Waals surface area (Å²) in [5.41, 5.74) is 2.16. The van der Waals surface area contributed by atoms with Gasteiger partial charge in [-0.3, -0.25) is 4.79 Å². The second-order valence-electron chi connectivity index (χ2n) is 8.35. The van der Waals surface area contributed by atoms with Crippen molar-refractivity contribution in [3.8, 4) is 5.75 Å². The summed E-state index contributed by atoms with van der Waals surface area (Å²) >= 11 is 6.17. The zero-order valence-corrected chi connectivity index (χ0v) is 19.2. The highest BCUT2D eigenvalue weighted by Crippen LogP contribution is 2.39. The van der Waals surface area contributed by atoms with Gasteiger partial charge in [-0.05, 0) is 44.0 Å². The lowest BCUT2D eigenvalue weighted by Gasteiger charge is -2.38. The van der Waals surface area contributed by atoms with E-state index >= 15 is 0 Å². The first-order chi connectivity index (χ1) is 13.9. The van der Waals surface area contributed by atoms with Crippen molar-refractivity contribution in [3.63, 3.8) is 0 Å². The number of sulfonamides is 1. The normalized spacial score (nSPS) is 17.9. The maximum Gasteiger partial charge on any atom is 0.235 e. The van der Waals surface area contributed by atoms with Crippen molar-refractivity contribution < 1.29 is 17.9 Å². The highest BCUT2D eigenvalue weighted by atomic mass is 35.5. The van der Waals surface area contributed by atoms with Crippen molar-refractivity contribution in [1.29, 1.82) is 0 Å². The fraction of sp³-hybridized carbons (Fsp3) is 0.409. The fourth-order valence-electron chi connectivity index (χ4n) is 3.59. The molecule has 30 heavy (non-hydrogen) atoms.